The molecular weight excluding hydrogens is 246 g/mol. The highest BCUT2D eigenvalue weighted by molar-refractivity contribution is 5.84. The van der Waals surface area contributed by atoms with Crippen LogP contribution in [0.4, 0.5) is 14.6 Å². The van der Waals surface area contributed by atoms with Crippen molar-refractivity contribution in [1.82, 2.24) is 4.98 Å². The lowest BCUT2D eigenvalue weighted by Gasteiger charge is -2.15. The maximum atomic E-state index is 14.1. The number of rotatable bonds is 3. The number of aromatic nitrogens is 1. The molecule has 1 heterocycles. The van der Waals surface area contributed by atoms with Crippen molar-refractivity contribution in [2.24, 2.45) is 0 Å². The van der Waals surface area contributed by atoms with Gasteiger partial charge in [0.1, 0.15) is 23.0 Å². The number of fused-ring (bicyclic) bond motifs is 1. The zero-order valence-corrected chi connectivity index (χ0v) is 11.6. The van der Waals surface area contributed by atoms with E-state index in [-0.39, 0.29) is 16.8 Å². The van der Waals surface area contributed by atoms with Crippen LogP contribution in [-0.4, -0.2) is 11.5 Å². The third-order valence-electron chi connectivity index (χ3n) is 3.17. The van der Waals surface area contributed by atoms with Gasteiger partial charge in [0.25, 0.3) is 0 Å². The van der Waals surface area contributed by atoms with E-state index in [0.29, 0.717) is 17.9 Å². The van der Waals surface area contributed by atoms with Crippen LogP contribution in [0.2, 0.25) is 0 Å². The largest absolute Gasteiger partial charge is 0.370 e. The van der Waals surface area contributed by atoms with Crippen LogP contribution in [0.5, 0.6) is 0 Å². The van der Waals surface area contributed by atoms with Gasteiger partial charge >= 0.3 is 0 Å². The first-order chi connectivity index (χ1) is 8.95. The minimum Gasteiger partial charge on any atom is -0.370 e. The SMILES string of the molecule is CCNc1nc2c(F)cc(C)c(F)c2cc1C(C)C. The molecule has 19 heavy (non-hydrogen) atoms. The number of hydrogen-bond acceptors (Lipinski definition) is 2. The summed E-state index contributed by atoms with van der Waals surface area (Å²) in [6, 6.07) is 2.89. The van der Waals surface area contributed by atoms with Gasteiger partial charge in [-0.15, -0.1) is 0 Å². The third-order valence-corrected chi connectivity index (χ3v) is 3.17. The zero-order chi connectivity index (χ0) is 14.2. The number of hydrogen-bond donors (Lipinski definition) is 1. The smallest absolute Gasteiger partial charge is 0.149 e. The quantitative estimate of drug-likeness (QED) is 0.890. The summed E-state index contributed by atoms with van der Waals surface area (Å²) in [5.41, 5.74) is 1.29. The Morgan fingerprint density at radius 1 is 1.26 bits per heavy atom. The van der Waals surface area contributed by atoms with Crippen molar-refractivity contribution in [3.8, 4) is 0 Å². The van der Waals surface area contributed by atoms with Crippen LogP contribution in [0.1, 0.15) is 37.8 Å². The number of aryl methyl sites for hydroxylation is 1. The van der Waals surface area contributed by atoms with Crippen molar-refractivity contribution in [2.45, 2.75) is 33.6 Å². The molecule has 1 aromatic heterocycles. The normalized spacial score (nSPS) is 11.3. The van der Waals surface area contributed by atoms with E-state index in [0.717, 1.165) is 5.56 Å². The van der Waals surface area contributed by atoms with Gasteiger partial charge in [0.2, 0.25) is 0 Å². The molecule has 0 bridgehead atoms. The summed E-state index contributed by atoms with van der Waals surface area (Å²) < 4.78 is 28.0. The molecule has 0 aliphatic rings. The Labute approximate surface area is 111 Å². The fourth-order valence-corrected chi connectivity index (χ4v) is 2.16. The zero-order valence-electron chi connectivity index (χ0n) is 11.6. The van der Waals surface area contributed by atoms with Crippen LogP contribution in [0.3, 0.4) is 0 Å². The van der Waals surface area contributed by atoms with Gasteiger partial charge in [0, 0.05) is 11.9 Å². The molecule has 0 aliphatic carbocycles. The first kappa shape index (κ1) is 13.7. The average Bonchev–Trinajstić information content (AvgIpc) is 2.35. The van der Waals surface area contributed by atoms with Crippen molar-refractivity contribution in [1.29, 1.82) is 0 Å². The van der Waals surface area contributed by atoms with Gasteiger partial charge in [-0.3, -0.25) is 0 Å². The molecule has 4 heteroatoms. The minimum atomic E-state index is -0.483. The molecular formula is C15H18F2N2. The van der Waals surface area contributed by atoms with E-state index >= 15 is 0 Å². The monoisotopic (exact) mass is 264 g/mol. The lowest BCUT2D eigenvalue weighted by Crippen LogP contribution is -2.06. The molecule has 0 fully saturated rings. The molecule has 2 aromatic rings. The summed E-state index contributed by atoms with van der Waals surface area (Å²) in [6.45, 7) is 8.21. The first-order valence-corrected chi connectivity index (χ1v) is 6.48. The number of pyridine rings is 1. The van der Waals surface area contributed by atoms with Gasteiger partial charge in [-0.05, 0) is 43.0 Å². The topological polar surface area (TPSA) is 24.9 Å². The number of anilines is 1. The number of nitrogens with one attached hydrogen (secondary N) is 1. The Morgan fingerprint density at radius 2 is 1.95 bits per heavy atom. The summed E-state index contributed by atoms with van der Waals surface area (Å²) >= 11 is 0. The molecule has 2 nitrogen and oxygen atoms in total. The molecule has 102 valence electrons. The maximum absolute atomic E-state index is 14.1. The van der Waals surface area contributed by atoms with Crippen LogP contribution in [0.15, 0.2) is 12.1 Å². The van der Waals surface area contributed by atoms with Crippen LogP contribution in [0.25, 0.3) is 10.9 Å². The van der Waals surface area contributed by atoms with E-state index < -0.39 is 11.6 Å². The van der Waals surface area contributed by atoms with E-state index in [9.17, 15) is 8.78 Å². The molecule has 0 radical (unpaired) electrons. The van der Waals surface area contributed by atoms with Crippen molar-refractivity contribution in [2.75, 3.05) is 11.9 Å². The summed E-state index contributed by atoms with van der Waals surface area (Å²) in [7, 11) is 0. The Morgan fingerprint density at radius 3 is 2.53 bits per heavy atom. The van der Waals surface area contributed by atoms with E-state index in [4.69, 9.17) is 0 Å². The fraction of sp³-hybridized carbons (Fsp3) is 0.400. The lowest BCUT2D eigenvalue weighted by atomic mass is 10.0. The van der Waals surface area contributed by atoms with E-state index in [1.807, 2.05) is 20.8 Å². The predicted molar refractivity (Wildman–Crippen MR) is 74.6 cm³/mol. The second-order valence-corrected chi connectivity index (χ2v) is 5.00. The lowest BCUT2D eigenvalue weighted by molar-refractivity contribution is 0.607. The highest BCUT2D eigenvalue weighted by Gasteiger charge is 2.16. The molecule has 0 spiro atoms. The molecule has 1 N–H and O–H groups in total. The number of halogens is 2. The van der Waals surface area contributed by atoms with Crippen molar-refractivity contribution < 1.29 is 8.78 Å². The van der Waals surface area contributed by atoms with Gasteiger partial charge in [0.05, 0.1) is 0 Å². The van der Waals surface area contributed by atoms with Gasteiger partial charge in [-0.2, -0.15) is 0 Å². The van der Waals surface area contributed by atoms with Gasteiger partial charge in [-0.1, -0.05) is 13.8 Å². The summed E-state index contributed by atoms with van der Waals surface area (Å²) in [5.74, 6) is -0.0571. The average molecular weight is 264 g/mol. The van der Waals surface area contributed by atoms with Crippen LogP contribution >= 0.6 is 0 Å². The van der Waals surface area contributed by atoms with Gasteiger partial charge in [-0.25, -0.2) is 13.8 Å². The highest BCUT2D eigenvalue weighted by Crippen LogP contribution is 2.30. The Balaban J connectivity index is 2.81. The molecule has 0 saturated carbocycles. The molecule has 0 saturated heterocycles. The number of nitrogens with zero attached hydrogens (tertiary/aromatic N) is 1. The second kappa shape index (κ2) is 5.11. The molecule has 0 unspecified atom stereocenters. The molecule has 1 aromatic carbocycles. The van der Waals surface area contributed by atoms with E-state index in [1.54, 1.807) is 13.0 Å². The molecule has 0 amide bonds. The molecule has 0 aliphatic heterocycles. The van der Waals surface area contributed by atoms with E-state index in [2.05, 4.69) is 10.3 Å². The minimum absolute atomic E-state index is 0.0865. The fourth-order valence-electron chi connectivity index (χ4n) is 2.16. The standard InChI is InChI=1S/C15H18F2N2/c1-5-18-15-10(8(2)3)7-11-13(17)9(4)6-12(16)14(11)19-15/h6-8H,5H2,1-4H3,(H,18,19). The van der Waals surface area contributed by atoms with E-state index in [1.165, 1.54) is 6.07 Å². The van der Waals surface area contributed by atoms with Crippen molar-refractivity contribution >= 4 is 16.7 Å². The Kier molecular flexibility index (Phi) is 3.69. The Bertz CT molecular complexity index is 621. The van der Waals surface area contributed by atoms with Crippen LogP contribution in [0, 0.1) is 18.6 Å². The number of benzene rings is 1. The van der Waals surface area contributed by atoms with Gasteiger partial charge < -0.3 is 5.32 Å². The molecule has 2 rings (SSSR count). The third kappa shape index (κ3) is 2.39. The summed E-state index contributed by atoms with van der Waals surface area (Å²) in [6.07, 6.45) is 0. The highest BCUT2D eigenvalue weighted by atomic mass is 19.1. The van der Waals surface area contributed by atoms with Gasteiger partial charge in [0.15, 0.2) is 0 Å². The first-order valence-electron chi connectivity index (χ1n) is 6.48. The Hall–Kier alpha value is -1.71. The predicted octanol–water partition coefficient (Wildman–Crippen LogP) is 4.38. The van der Waals surface area contributed by atoms with Crippen molar-refractivity contribution in [3.63, 3.8) is 0 Å². The second-order valence-electron chi connectivity index (χ2n) is 5.00. The molecule has 0 atom stereocenters. The van der Waals surface area contributed by atoms with Crippen LogP contribution in [-0.2, 0) is 0 Å². The van der Waals surface area contributed by atoms with Crippen molar-refractivity contribution in [3.05, 3.63) is 34.9 Å². The summed E-state index contributed by atoms with van der Waals surface area (Å²) in [4.78, 5) is 4.26. The van der Waals surface area contributed by atoms with Crippen LogP contribution < -0.4 is 5.32 Å². The summed E-state index contributed by atoms with van der Waals surface area (Å²) in [5, 5.41) is 3.36. The maximum Gasteiger partial charge on any atom is 0.149 e.